The van der Waals surface area contributed by atoms with Crippen LogP contribution < -0.4 is 10.1 Å². The van der Waals surface area contributed by atoms with Gasteiger partial charge >= 0.3 is 0 Å². The number of benzene rings is 1. The van der Waals surface area contributed by atoms with Crippen LogP contribution in [0.3, 0.4) is 0 Å². The fourth-order valence-corrected chi connectivity index (χ4v) is 2.99. The molecule has 2 aromatic rings. The molecule has 0 saturated carbocycles. The van der Waals surface area contributed by atoms with Crippen LogP contribution in [0.1, 0.15) is 22.7 Å². The minimum Gasteiger partial charge on any atom is -0.493 e. The van der Waals surface area contributed by atoms with E-state index in [-0.39, 0.29) is 11.9 Å². The number of hydrogen-bond donors (Lipinski definition) is 1. The summed E-state index contributed by atoms with van der Waals surface area (Å²) in [5.74, 6) is 0.587. The van der Waals surface area contributed by atoms with Gasteiger partial charge in [0.2, 0.25) is 0 Å². The van der Waals surface area contributed by atoms with Crippen molar-refractivity contribution in [1.29, 1.82) is 0 Å². The fourth-order valence-electron chi connectivity index (χ4n) is 2.72. The number of halogens is 2. The Hall–Kier alpha value is -1.65. The molecular weight excluding hydrogens is 291 g/mol. The van der Waals surface area contributed by atoms with Crippen molar-refractivity contribution < 1.29 is 9.13 Å². The molecule has 1 unspecified atom stereocenters. The second-order valence-corrected chi connectivity index (χ2v) is 5.57. The van der Waals surface area contributed by atoms with Crippen LogP contribution in [0, 0.1) is 5.82 Å². The van der Waals surface area contributed by atoms with Gasteiger partial charge in [0, 0.05) is 23.7 Å². The van der Waals surface area contributed by atoms with E-state index in [9.17, 15) is 4.39 Å². The summed E-state index contributed by atoms with van der Waals surface area (Å²) in [5.41, 5.74) is 2.99. The van der Waals surface area contributed by atoms with Gasteiger partial charge in [0.15, 0.2) is 0 Å². The SMILES string of the molecule is CNC(Cc1cc(Cl)cc2c1OCC2)c1cncc(F)c1. The van der Waals surface area contributed by atoms with Gasteiger partial charge < -0.3 is 10.1 Å². The lowest BCUT2D eigenvalue weighted by atomic mass is 9.97. The smallest absolute Gasteiger partial charge is 0.141 e. The molecule has 0 fully saturated rings. The number of pyridine rings is 1. The predicted octanol–water partition coefficient (Wildman–Crippen LogP) is 3.31. The van der Waals surface area contributed by atoms with E-state index >= 15 is 0 Å². The van der Waals surface area contributed by atoms with Crippen LogP contribution in [0.15, 0.2) is 30.6 Å². The van der Waals surface area contributed by atoms with Crippen molar-refractivity contribution in [2.45, 2.75) is 18.9 Å². The van der Waals surface area contributed by atoms with Gasteiger partial charge in [-0.2, -0.15) is 0 Å². The van der Waals surface area contributed by atoms with Crippen LogP contribution in [0.5, 0.6) is 5.75 Å². The Morgan fingerprint density at radius 2 is 2.24 bits per heavy atom. The average Bonchev–Trinajstić information content (AvgIpc) is 2.92. The summed E-state index contributed by atoms with van der Waals surface area (Å²) < 4.78 is 19.1. The highest BCUT2D eigenvalue weighted by molar-refractivity contribution is 6.30. The summed E-state index contributed by atoms with van der Waals surface area (Å²) in [7, 11) is 1.85. The zero-order valence-electron chi connectivity index (χ0n) is 11.7. The van der Waals surface area contributed by atoms with Crippen LogP contribution in [-0.4, -0.2) is 18.6 Å². The summed E-state index contributed by atoms with van der Waals surface area (Å²) in [6, 6.07) is 5.33. The molecule has 21 heavy (non-hydrogen) atoms. The molecule has 1 aromatic carbocycles. The van der Waals surface area contributed by atoms with Crippen LogP contribution >= 0.6 is 11.6 Å². The van der Waals surface area contributed by atoms with Crippen molar-refractivity contribution in [2.24, 2.45) is 0 Å². The molecule has 0 bridgehead atoms. The standard InChI is InChI=1S/C16H16ClFN2O/c1-19-15(12-6-14(18)9-20-8-12)7-11-5-13(17)4-10-2-3-21-16(10)11/h4-6,8-9,15,19H,2-3,7H2,1H3. The molecule has 0 saturated heterocycles. The van der Waals surface area contributed by atoms with Gasteiger partial charge in [0.1, 0.15) is 11.6 Å². The molecule has 1 aliphatic heterocycles. The Balaban J connectivity index is 1.91. The minimum atomic E-state index is -0.333. The molecule has 1 atom stereocenters. The Labute approximate surface area is 128 Å². The highest BCUT2D eigenvalue weighted by atomic mass is 35.5. The summed E-state index contributed by atoms with van der Waals surface area (Å²) in [5, 5.41) is 3.91. The van der Waals surface area contributed by atoms with Crippen molar-refractivity contribution in [1.82, 2.24) is 10.3 Å². The molecule has 0 aliphatic carbocycles. The number of ether oxygens (including phenoxy) is 1. The van der Waals surface area contributed by atoms with Crippen molar-refractivity contribution in [3.05, 3.63) is 58.1 Å². The van der Waals surface area contributed by atoms with Gasteiger partial charge in [-0.05, 0) is 48.4 Å². The minimum absolute atomic E-state index is 0.0417. The first-order valence-corrected chi connectivity index (χ1v) is 7.27. The molecule has 1 aliphatic rings. The summed E-state index contributed by atoms with van der Waals surface area (Å²) >= 11 is 6.18. The lowest BCUT2D eigenvalue weighted by Gasteiger charge is -2.18. The van der Waals surface area contributed by atoms with Crippen molar-refractivity contribution in [3.63, 3.8) is 0 Å². The van der Waals surface area contributed by atoms with E-state index in [4.69, 9.17) is 16.3 Å². The fraction of sp³-hybridized carbons (Fsp3) is 0.312. The Morgan fingerprint density at radius 3 is 3.00 bits per heavy atom. The molecule has 3 nitrogen and oxygen atoms in total. The molecule has 1 aromatic heterocycles. The monoisotopic (exact) mass is 306 g/mol. The lowest BCUT2D eigenvalue weighted by Crippen LogP contribution is -2.19. The third-order valence-corrected chi connectivity index (χ3v) is 3.94. The third-order valence-electron chi connectivity index (χ3n) is 3.73. The van der Waals surface area contributed by atoms with Crippen LogP contribution in [0.25, 0.3) is 0 Å². The van der Waals surface area contributed by atoms with Crippen LogP contribution in [0.2, 0.25) is 5.02 Å². The van der Waals surface area contributed by atoms with E-state index in [0.29, 0.717) is 18.1 Å². The molecule has 3 rings (SSSR count). The summed E-state index contributed by atoms with van der Waals surface area (Å²) in [4.78, 5) is 3.91. The molecular formula is C16H16ClFN2O. The lowest BCUT2D eigenvalue weighted by molar-refractivity contribution is 0.352. The van der Waals surface area contributed by atoms with Gasteiger partial charge in [-0.1, -0.05) is 11.6 Å². The largest absolute Gasteiger partial charge is 0.493 e. The molecule has 0 amide bonds. The number of aromatic nitrogens is 1. The third kappa shape index (κ3) is 3.01. The van der Waals surface area contributed by atoms with Gasteiger partial charge in [0.05, 0.1) is 12.8 Å². The first-order valence-electron chi connectivity index (χ1n) is 6.89. The molecule has 0 radical (unpaired) electrons. The van der Waals surface area contributed by atoms with Crippen molar-refractivity contribution in [3.8, 4) is 5.75 Å². The average molecular weight is 307 g/mol. The maximum Gasteiger partial charge on any atom is 0.141 e. The second kappa shape index (κ2) is 6.00. The van der Waals surface area contributed by atoms with E-state index in [1.54, 1.807) is 6.20 Å². The van der Waals surface area contributed by atoms with E-state index in [2.05, 4.69) is 10.3 Å². The maximum atomic E-state index is 13.4. The number of rotatable bonds is 4. The highest BCUT2D eigenvalue weighted by Gasteiger charge is 2.20. The second-order valence-electron chi connectivity index (χ2n) is 5.13. The molecule has 2 heterocycles. The molecule has 0 spiro atoms. The number of hydrogen-bond acceptors (Lipinski definition) is 3. The Morgan fingerprint density at radius 1 is 1.38 bits per heavy atom. The first kappa shape index (κ1) is 14.3. The van der Waals surface area contributed by atoms with Crippen molar-refractivity contribution >= 4 is 11.6 Å². The number of nitrogens with zero attached hydrogens (tertiary/aromatic N) is 1. The van der Waals surface area contributed by atoms with Crippen LogP contribution in [0.4, 0.5) is 4.39 Å². The highest BCUT2D eigenvalue weighted by Crippen LogP contribution is 2.35. The zero-order chi connectivity index (χ0) is 14.8. The normalized spacial score (nSPS) is 14.6. The number of likely N-dealkylation sites (N-methyl/N-ethyl adjacent to an activating group) is 1. The predicted molar refractivity (Wildman–Crippen MR) is 80.4 cm³/mol. The topological polar surface area (TPSA) is 34.1 Å². The number of fused-ring (bicyclic) bond motifs is 1. The summed E-state index contributed by atoms with van der Waals surface area (Å²) in [6.07, 6.45) is 4.44. The van der Waals surface area contributed by atoms with E-state index in [0.717, 1.165) is 28.9 Å². The van der Waals surface area contributed by atoms with E-state index in [1.165, 1.54) is 12.3 Å². The Bertz CT molecular complexity index is 663. The first-order chi connectivity index (χ1) is 10.2. The van der Waals surface area contributed by atoms with Crippen LogP contribution in [-0.2, 0) is 12.8 Å². The van der Waals surface area contributed by atoms with E-state index in [1.807, 2.05) is 19.2 Å². The Kier molecular flexibility index (Phi) is 4.08. The molecule has 1 N–H and O–H groups in total. The van der Waals surface area contributed by atoms with Gasteiger partial charge in [0.25, 0.3) is 0 Å². The summed E-state index contributed by atoms with van der Waals surface area (Å²) in [6.45, 7) is 0.689. The van der Waals surface area contributed by atoms with E-state index < -0.39 is 0 Å². The van der Waals surface area contributed by atoms with Gasteiger partial charge in [-0.15, -0.1) is 0 Å². The number of nitrogens with one attached hydrogen (secondary N) is 1. The van der Waals surface area contributed by atoms with Gasteiger partial charge in [-0.3, -0.25) is 4.98 Å². The van der Waals surface area contributed by atoms with Crippen molar-refractivity contribution in [2.75, 3.05) is 13.7 Å². The van der Waals surface area contributed by atoms with Gasteiger partial charge in [-0.25, -0.2) is 4.39 Å². The molecule has 110 valence electrons. The maximum absolute atomic E-state index is 13.4. The molecule has 5 heteroatoms. The quantitative estimate of drug-likeness (QED) is 0.941. The zero-order valence-corrected chi connectivity index (χ0v) is 12.5.